The minimum atomic E-state index is -0.291. The van der Waals surface area contributed by atoms with Gasteiger partial charge in [-0.1, -0.05) is 49.4 Å². The molecule has 20 heavy (non-hydrogen) atoms. The van der Waals surface area contributed by atoms with Crippen LogP contribution in [-0.2, 0) is 16.1 Å². The van der Waals surface area contributed by atoms with Crippen molar-refractivity contribution < 1.29 is 9.53 Å². The Bertz CT molecular complexity index is 464. The molecule has 1 aliphatic carbocycles. The minimum absolute atomic E-state index is 0.0243. The van der Waals surface area contributed by atoms with Gasteiger partial charge in [-0.2, -0.15) is 0 Å². The van der Waals surface area contributed by atoms with Crippen molar-refractivity contribution in [2.75, 3.05) is 0 Å². The fourth-order valence-corrected chi connectivity index (χ4v) is 3.07. The molecule has 108 valence electrons. The maximum absolute atomic E-state index is 12.5. The second kappa shape index (κ2) is 6.74. The van der Waals surface area contributed by atoms with Gasteiger partial charge in [-0.3, -0.25) is 4.79 Å². The highest BCUT2D eigenvalue weighted by Crippen LogP contribution is 2.45. The number of hydrogen-bond acceptors (Lipinski definition) is 2. The summed E-state index contributed by atoms with van der Waals surface area (Å²) in [6, 6.07) is 9.89. The Morgan fingerprint density at radius 2 is 2.15 bits per heavy atom. The molecule has 1 fully saturated rings. The topological polar surface area (TPSA) is 26.3 Å². The Labute approximate surface area is 121 Å². The summed E-state index contributed by atoms with van der Waals surface area (Å²) in [4.78, 5) is 12.5. The standard InChI is InChI=1S/C18H24O2/c1-3-4-11-18(12-10-15(2)13-18)17(19)20-14-16-8-6-5-7-9-16/h3-9,15H,10-14H2,1-2H3/t15-,18?/m0/s1. The third kappa shape index (κ3) is 3.50. The number of hydrogen-bond donors (Lipinski definition) is 0. The van der Waals surface area contributed by atoms with Gasteiger partial charge in [-0.25, -0.2) is 0 Å². The van der Waals surface area contributed by atoms with Gasteiger partial charge in [0.2, 0.25) is 0 Å². The van der Waals surface area contributed by atoms with Crippen molar-refractivity contribution in [3.8, 4) is 0 Å². The fourth-order valence-electron chi connectivity index (χ4n) is 3.07. The predicted octanol–water partition coefficient (Wildman–Crippen LogP) is 4.50. The molecule has 0 bridgehead atoms. The van der Waals surface area contributed by atoms with E-state index < -0.39 is 0 Å². The van der Waals surface area contributed by atoms with Crippen LogP contribution in [0.15, 0.2) is 42.5 Å². The Kier molecular flexibility index (Phi) is 4.99. The first-order valence-electron chi connectivity index (χ1n) is 7.48. The van der Waals surface area contributed by atoms with Crippen LogP contribution in [0.4, 0.5) is 0 Å². The highest BCUT2D eigenvalue weighted by Gasteiger charge is 2.44. The van der Waals surface area contributed by atoms with Crippen molar-refractivity contribution in [1.82, 2.24) is 0 Å². The normalized spacial score (nSPS) is 26.0. The summed E-state index contributed by atoms with van der Waals surface area (Å²) in [7, 11) is 0. The van der Waals surface area contributed by atoms with Gasteiger partial charge in [0.1, 0.15) is 6.61 Å². The van der Waals surface area contributed by atoms with Crippen LogP contribution in [-0.4, -0.2) is 5.97 Å². The molecule has 0 radical (unpaired) electrons. The zero-order valence-electron chi connectivity index (χ0n) is 12.5. The van der Waals surface area contributed by atoms with Crippen LogP contribution in [0.1, 0.15) is 45.1 Å². The van der Waals surface area contributed by atoms with Crippen LogP contribution in [0.5, 0.6) is 0 Å². The van der Waals surface area contributed by atoms with E-state index in [2.05, 4.69) is 13.0 Å². The van der Waals surface area contributed by atoms with E-state index in [1.165, 1.54) is 0 Å². The third-order valence-electron chi connectivity index (χ3n) is 4.24. The van der Waals surface area contributed by atoms with Gasteiger partial charge in [0, 0.05) is 0 Å². The van der Waals surface area contributed by atoms with E-state index in [1.54, 1.807) is 0 Å². The smallest absolute Gasteiger partial charge is 0.312 e. The summed E-state index contributed by atoms with van der Waals surface area (Å²) in [6.45, 7) is 4.61. The molecule has 2 rings (SSSR count). The molecule has 0 aromatic heterocycles. The summed E-state index contributed by atoms with van der Waals surface area (Å²) in [5, 5.41) is 0. The lowest BCUT2D eigenvalue weighted by Crippen LogP contribution is -2.30. The molecule has 0 saturated heterocycles. The van der Waals surface area contributed by atoms with Crippen LogP contribution < -0.4 is 0 Å². The number of esters is 1. The lowest BCUT2D eigenvalue weighted by Gasteiger charge is -2.25. The largest absolute Gasteiger partial charge is 0.460 e. The quantitative estimate of drug-likeness (QED) is 0.582. The summed E-state index contributed by atoms with van der Waals surface area (Å²) in [6.07, 6.45) is 7.95. The second-order valence-electron chi connectivity index (χ2n) is 5.96. The molecule has 1 saturated carbocycles. The van der Waals surface area contributed by atoms with Gasteiger partial charge >= 0.3 is 5.97 Å². The molecule has 0 heterocycles. The lowest BCUT2D eigenvalue weighted by molar-refractivity contribution is -0.157. The van der Waals surface area contributed by atoms with E-state index >= 15 is 0 Å². The van der Waals surface area contributed by atoms with Crippen molar-refractivity contribution in [3.05, 3.63) is 48.0 Å². The Morgan fingerprint density at radius 3 is 2.75 bits per heavy atom. The molecule has 1 aromatic carbocycles. The first-order valence-corrected chi connectivity index (χ1v) is 7.48. The average Bonchev–Trinajstić information content (AvgIpc) is 2.86. The second-order valence-corrected chi connectivity index (χ2v) is 5.96. The van der Waals surface area contributed by atoms with Crippen molar-refractivity contribution in [2.45, 2.75) is 46.1 Å². The number of rotatable bonds is 5. The maximum Gasteiger partial charge on any atom is 0.312 e. The Morgan fingerprint density at radius 1 is 1.40 bits per heavy atom. The minimum Gasteiger partial charge on any atom is -0.460 e. The van der Waals surface area contributed by atoms with Crippen molar-refractivity contribution in [2.24, 2.45) is 11.3 Å². The molecule has 2 atom stereocenters. The van der Waals surface area contributed by atoms with E-state index in [0.717, 1.165) is 31.2 Å². The molecule has 2 heteroatoms. The van der Waals surface area contributed by atoms with Crippen LogP contribution in [0, 0.1) is 11.3 Å². The summed E-state index contributed by atoms with van der Waals surface area (Å²) in [5.41, 5.74) is 0.758. The molecule has 1 aliphatic rings. The van der Waals surface area contributed by atoms with Gasteiger partial charge in [0.15, 0.2) is 0 Å². The summed E-state index contributed by atoms with van der Waals surface area (Å²) in [5.74, 6) is 0.591. The predicted molar refractivity (Wildman–Crippen MR) is 81.1 cm³/mol. The first kappa shape index (κ1) is 14.8. The van der Waals surface area contributed by atoms with E-state index in [9.17, 15) is 4.79 Å². The molecule has 0 aliphatic heterocycles. The monoisotopic (exact) mass is 272 g/mol. The van der Waals surface area contributed by atoms with Gasteiger partial charge in [0.05, 0.1) is 5.41 Å². The SMILES string of the molecule is CC=CCC1(C(=O)OCc2ccccc2)CC[C@H](C)C1. The van der Waals surface area contributed by atoms with E-state index in [4.69, 9.17) is 4.74 Å². The molecular formula is C18H24O2. The van der Waals surface area contributed by atoms with E-state index in [0.29, 0.717) is 12.5 Å². The zero-order valence-corrected chi connectivity index (χ0v) is 12.5. The van der Waals surface area contributed by atoms with Crippen LogP contribution >= 0.6 is 0 Å². The van der Waals surface area contributed by atoms with Crippen LogP contribution in [0.2, 0.25) is 0 Å². The van der Waals surface area contributed by atoms with E-state index in [-0.39, 0.29) is 11.4 Å². The number of ether oxygens (including phenoxy) is 1. The van der Waals surface area contributed by atoms with Crippen molar-refractivity contribution in [3.63, 3.8) is 0 Å². The number of carbonyl (C=O) groups excluding carboxylic acids is 1. The first-order chi connectivity index (χ1) is 9.66. The Balaban J connectivity index is 2.00. The van der Waals surface area contributed by atoms with Crippen LogP contribution in [0.25, 0.3) is 0 Å². The lowest BCUT2D eigenvalue weighted by atomic mass is 9.82. The highest BCUT2D eigenvalue weighted by atomic mass is 16.5. The summed E-state index contributed by atoms with van der Waals surface area (Å²) < 4.78 is 5.59. The molecular weight excluding hydrogens is 248 g/mol. The maximum atomic E-state index is 12.5. The highest BCUT2D eigenvalue weighted by molar-refractivity contribution is 5.77. The zero-order chi connectivity index (χ0) is 14.4. The third-order valence-corrected chi connectivity index (χ3v) is 4.24. The molecule has 1 aromatic rings. The number of benzene rings is 1. The number of allylic oxidation sites excluding steroid dienone is 2. The number of carbonyl (C=O) groups is 1. The molecule has 2 nitrogen and oxygen atoms in total. The van der Waals surface area contributed by atoms with Crippen molar-refractivity contribution >= 4 is 5.97 Å². The summed E-state index contributed by atoms with van der Waals surface area (Å²) >= 11 is 0. The van der Waals surface area contributed by atoms with Gasteiger partial charge in [-0.15, -0.1) is 0 Å². The van der Waals surface area contributed by atoms with Crippen molar-refractivity contribution in [1.29, 1.82) is 0 Å². The molecule has 0 N–H and O–H groups in total. The van der Waals surface area contributed by atoms with E-state index in [1.807, 2.05) is 43.3 Å². The van der Waals surface area contributed by atoms with Gasteiger partial charge < -0.3 is 4.74 Å². The Hall–Kier alpha value is -1.57. The average molecular weight is 272 g/mol. The molecule has 0 spiro atoms. The van der Waals surface area contributed by atoms with Gasteiger partial charge in [0.25, 0.3) is 0 Å². The van der Waals surface area contributed by atoms with Crippen LogP contribution in [0.3, 0.4) is 0 Å². The fraction of sp³-hybridized carbons (Fsp3) is 0.500. The molecule has 1 unspecified atom stereocenters. The molecule has 0 amide bonds. The van der Waals surface area contributed by atoms with Gasteiger partial charge in [-0.05, 0) is 44.1 Å².